The number of hydrogen-bond acceptors (Lipinski definition) is 6. The van der Waals surface area contributed by atoms with Crippen LogP contribution in [0.3, 0.4) is 0 Å². The normalized spacial score (nSPS) is 22.3. The van der Waals surface area contributed by atoms with Gasteiger partial charge >= 0.3 is 6.09 Å². The molecule has 0 aromatic heterocycles. The molecular formula is C30H48N4O6. The summed E-state index contributed by atoms with van der Waals surface area (Å²) in [5, 5.41) is 5.45. The van der Waals surface area contributed by atoms with E-state index in [1.165, 1.54) is 4.90 Å². The number of ether oxygens (including phenoxy) is 1. The molecule has 4 N–H and O–H groups in total. The van der Waals surface area contributed by atoms with Crippen LogP contribution in [-0.4, -0.2) is 64.8 Å². The van der Waals surface area contributed by atoms with Gasteiger partial charge in [-0.25, -0.2) is 4.79 Å². The van der Waals surface area contributed by atoms with Crippen molar-refractivity contribution in [2.45, 2.75) is 110 Å². The van der Waals surface area contributed by atoms with Crippen molar-refractivity contribution >= 4 is 29.6 Å². The van der Waals surface area contributed by atoms with E-state index in [0.717, 1.165) is 25.7 Å². The van der Waals surface area contributed by atoms with Crippen LogP contribution in [0.1, 0.15) is 86.0 Å². The van der Waals surface area contributed by atoms with Gasteiger partial charge in [-0.3, -0.25) is 19.2 Å². The quantitative estimate of drug-likeness (QED) is 0.150. The molecule has 0 aromatic carbocycles. The molecule has 4 amide bonds. The maximum absolute atomic E-state index is 13.9. The van der Waals surface area contributed by atoms with Crippen molar-refractivity contribution in [1.29, 1.82) is 0 Å². The minimum atomic E-state index is -1.11. The third-order valence-electron chi connectivity index (χ3n) is 7.93. The molecular weight excluding hydrogens is 512 g/mol. The number of nitrogens with zero attached hydrogens (tertiary/aromatic N) is 1. The topological polar surface area (TPSA) is 148 Å². The number of hydrogen-bond donors (Lipinski definition) is 3. The van der Waals surface area contributed by atoms with Crippen molar-refractivity contribution in [2.75, 3.05) is 6.54 Å². The van der Waals surface area contributed by atoms with Gasteiger partial charge in [0.2, 0.25) is 17.6 Å². The lowest BCUT2D eigenvalue weighted by molar-refractivity contribution is -0.143. The van der Waals surface area contributed by atoms with Gasteiger partial charge in [-0.1, -0.05) is 38.8 Å². The third-order valence-corrected chi connectivity index (χ3v) is 7.93. The molecule has 2 fully saturated rings. The number of Topliss-reactive ketones (excluding diaryl/α,β-unsaturated/α-hetero) is 1. The van der Waals surface area contributed by atoms with Crippen molar-refractivity contribution in [3.05, 3.63) is 25.3 Å². The molecule has 1 aliphatic carbocycles. The van der Waals surface area contributed by atoms with E-state index in [1.54, 1.807) is 32.9 Å². The van der Waals surface area contributed by atoms with Crippen LogP contribution in [0.15, 0.2) is 25.3 Å². The summed E-state index contributed by atoms with van der Waals surface area (Å²) in [6.45, 7) is 17.1. The highest BCUT2D eigenvalue weighted by atomic mass is 16.6. The number of rotatable bonds is 16. The Morgan fingerprint density at radius 2 is 1.52 bits per heavy atom. The Labute approximate surface area is 238 Å². The first kappa shape index (κ1) is 33.0. The number of alkyl carbamates (subject to hydrolysis) is 1. The molecule has 1 saturated heterocycles. The predicted molar refractivity (Wildman–Crippen MR) is 153 cm³/mol. The fourth-order valence-electron chi connectivity index (χ4n) is 5.69. The fourth-order valence-corrected chi connectivity index (χ4v) is 5.69. The first-order valence-electron chi connectivity index (χ1n) is 14.3. The molecule has 0 radical (unpaired) electrons. The van der Waals surface area contributed by atoms with Crippen LogP contribution < -0.4 is 16.4 Å². The van der Waals surface area contributed by atoms with Crippen molar-refractivity contribution in [3.63, 3.8) is 0 Å². The SMILES string of the molecule is C=CCCCC[C@H](NC(=O)[C@@H]1[C@@H]2[C@H](CN1C(=O)[C@H](CCCCC=C)NC(=O)OC(C)(C)C)C2(C)C)C(=O)C(N)=O. The Morgan fingerprint density at radius 1 is 0.975 bits per heavy atom. The maximum atomic E-state index is 13.9. The number of fused-ring (bicyclic) bond motifs is 1. The van der Waals surface area contributed by atoms with Gasteiger partial charge in [0.1, 0.15) is 17.7 Å². The van der Waals surface area contributed by atoms with E-state index in [2.05, 4.69) is 37.6 Å². The number of amides is 4. The van der Waals surface area contributed by atoms with Crippen LogP contribution in [-0.2, 0) is 23.9 Å². The Bertz CT molecular complexity index is 985. The van der Waals surface area contributed by atoms with Gasteiger partial charge in [0, 0.05) is 6.54 Å². The van der Waals surface area contributed by atoms with Crippen molar-refractivity contribution in [2.24, 2.45) is 23.0 Å². The molecule has 10 nitrogen and oxygen atoms in total. The zero-order chi connectivity index (χ0) is 30.3. The Balaban J connectivity index is 2.26. The number of piperidine rings is 1. The van der Waals surface area contributed by atoms with Gasteiger partial charge in [-0.15, -0.1) is 13.2 Å². The molecule has 0 aromatic rings. The number of unbranched alkanes of at least 4 members (excludes halogenated alkanes) is 4. The highest BCUT2D eigenvalue weighted by Gasteiger charge is 2.69. The summed E-state index contributed by atoms with van der Waals surface area (Å²) in [6.07, 6.45) is 7.82. The lowest BCUT2D eigenvalue weighted by atomic mass is 9.97. The molecule has 1 heterocycles. The molecule has 10 heteroatoms. The van der Waals surface area contributed by atoms with E-state index in [9.17, 15) is 24.0 Å². The van der Waals surface area contributed by atoms with Crippen molar-refractivity contribution in [1.82, 2.24) is 15.5 Å². The van der Waals surface area contributed by atoms with Gasteiger partial charge in [-0.05, 0) is 76.5 Å². The van der Waals surface area contributed by atoms with Crippen LogP contribution in [0.25, 0.3) is 0 Å². The summed E-state index contributed by atoms with van der Waals surface area (Å²) in [6, 6.07) is -2.78. The molecule has 0 spiro atoms. The second-order valence-corrected chi connectivity index (χ2v) is 12.5. The van der Waals surface area contributed by atoms with E-state index in [0.29, 0.717) is 25.8 Å². The molecule has 2 aliphatic rings. The largest absolute Gasteiger partial charge is 0.444 e. The molecule has 1 aliphatic heterocycles. The Hall–Kier alpha value is -3.17. The molecule has 224 valence electrons. The van der Waals surface area contributed by atoms with Gasteiger partial charge in [0.05, 0.1) is 6.04 Å². The molecule has 2 rings (SSSR count). The number of likely N-dealkylation sites (tertiary alicyclic amines) is 1. The minimum absolute atomic E-state index is 0.105. The zero-order valence-corrected chi connectivity index (χ0v) is 24.8. The smallest absolute Gasteiger partial charge is 0.408 e. The summed E-state index contributed by atoms with van der Waals surface area (Å²) in [4.78, 5) is 66.0. The highest BCUT2D eigenvalue weighted by Crippen LogP contribution is 2.64. The fraction of sp³-hybridized carbons (Fsp3) is 0.700. The number of nitrogens with two attached hydrogens (primary N) is 1. The van der Waals surface area contributed by atoms with Gasteiger partial charge in [-0.2, -0.15) is 0 Å². The summed E-state index contributed by atoms with van der Waals surface area (Å²) in [5.74, 6) is -2.83. The van der Waals surface area contributed by atoms with Crippen LogP contribution in [0, 0.1) is 17.3 Å². The lowest BCUT2D eigenvalue weighted by Crippen LogP contribution is -2.58. The first-order valence-corrected chi connectivity index (χ1v) is 14.3. The molecule has 1 saturated carbocycles. The van der Waals surface area contributed by atoms with Gasteiger partial charge in [0.25, 0.3) is 5.91 Å². The summed E-state index contributed by atoms with van der Waals surface area (Å²) in [7, 11) is 0. The number of primary amides is 1. The number of nitrogens with one attached hydrogen (secondary N) is 2. The van der Waals surface area contributed by atoms with E-state index in [4.69, 9.17) is 10.5 Å². The van der Waals surface area contributed by atoms with Gasteiger partial charge < -0.3 is 26.0 Å². The Morgan fingerprint density at radius 3 is 2.02 bits per heavy atom. The van der Waals surface area contributed by atoms with Crippen LogP contribution in [0.5, 0.6) is 0 Å². The number of carbonyl (C=O) groups excluding carboxylic acids is 5. The van der Waals surface area contributed by atoms with E-state index in [-0.39, 0.29) is 29.6 Å². The van der Waals surface area contributed by atoms with Crippen molar-refractivity contribution in [3.8, 4) is 0 Å². The van der Waals surface area contributed by atoms with E-state index >= 15 is 0 Å². The monoisotopic (exact) mass is 560 g/mol. The summed E-state index contributed by atoms with van der Waals surface area (Å²) < 4.78 is 5.40. The number of allylic oxidation sites excluding steroid dienone is 2. The second kappa shape index (κ2) is 13.9. The predicted octanol–water partition coefficient (Wildman–Crippen LogP) is 3.39. The van der Waals surface area contributed by atoms with E-state index in [1.807, 2.05) is 0 Å². The van der Waals surface area contributed by atoms with Crippen LogP contribution in [0.4, 0.5) is 4.79 Å². The summed E-state index contributed by atoms with van der Waals surface area (Å²) >= 11 is 0. The second-order valence-electron chi connectivity index (χ2n) is 12.5. The highest BCUT2D eigenvalue weighted by molar-refractivity contribution is 6.37. The minimum Gasteiger partial charge on any atom is -0.444 e. The van der Waals surface area contributed by atoms with Crippen LogP contribution >= 0.6 is 0 Å². The maximum Gasteiger partial charge on any atom is 0.408 e. The van der Waals surface area contributed by atoms with Crippen molar-refractivity contribution < 1.29 is 28.7 Å². The average molecular weight is 561 g/mol. The van der Waals surface area contributed by atoms with E-state index < -0.39 is 47.4 Å². The third kappa shape index (κ3) is 8.66. The van der Waals surface area contributed by atoms with Gasteiger partial charge in [0.15, 0.2) is 0 Å². The number of carbonyl (C=O) groups is 5. The summed E-state index contributed by atoms with van der Waals surface area (Å²) in [5.41, 5.74) is 4.37. The van der Waals surface area contributed by atoms with Crippen LogP contribution in [0.2, 0.25) is 0 Å². The molecule has 0 unspecified atom stereocenters. The zero-order valence-electron chi connectivity index (χ0n) is 24.8. The standard InChI is InChI=1S/C30H48N4O6/c1-8-10-12-14-16-20(24(35)25(31)36)32-26(37)23-22-19(30(22,6)7)18-34(23)27(38)21(17-15-13-11-9-2)33-28(39)40-29(3,4)5/h8-9,19-23H,1-2,10-18H2,3-7H3,(H2,31,36)(H,32,37)(H,33,39)/t19-,20-,21-,22-,23-/m0/s1. The average Bonchev–Trinajstić information content (AvgIpc) is 3.18. The molecule has 5 atom stereocenters. The Kier molecular flexibility index (Phi) is 11.5. The molecule has 0 bridgehead atoms. The lowest BCUT2D eigenvalue weighted by Gasteiger charge is -2.34. The molecule has 40 heavy (non-hydrogen) atoms. The number of ketones is 1. The first-order chi connectivity index (χ1) is 18.7.